The number of para-hydroxylation sites is 3. The van der Waals surface area contributed by atoms with Crippen LogP contribution in [0.1, 0.15) is 25.3 Å². The Kier molecular flexibility index (Phi) is 4.78. The summed E-state index contributed by atoms with van der Waals surface area (Å²) in [6, 6.07) is 13.6. The molecule has 2 rings (SSSR count). The van der Waals surface area contributed by atoms with E-state index in [4.69, 9.17) is 0 Å². The first-order valence-corrected chi connectivity index (χ1v) is 6.98. The van der Waals surface area contributed by atoms with Crippen molar-refractivity contribution in [3.63, 3.8) is 0 Å². The Hall–Kier alpha value is -2.82. The van der Waals surface area contributed by atoms with Crippen LogP contribution in [-0.2, 0) is 9.59 Å². The second-order valence-corrected chi connectivity index (χ2v) is 5.17. The van der Waals surface area contributed by atoms with Gasteiger partial charge in [-0.15, -0.1) is 0 Å². The Morgan fingerprint density at radius 1 is 0.864 bits per heavy atom. The van der Waals surface area contributed by atoms with E-state index in [1.807, 2.05) is 26.0 Å². The summed E-state index contributed by atoms with van der Waals surface area (Å²) in [6.07, 6.45) is 0. The van der Waals surface area contributed by atoms with Crippen molar-refractivity contribution in [2.45, 2.75) is 19.8 Å². The van der Waals surface area contributed by atoms with Gasteiger partial charge in [0.2, 0.25) is 0 Å². The summed E-state index contributed by atoms with van der Waals surface area (Å²) in [5.74, 6) is -1.49. The van der Waals surface area contributed by atoms with Crippen molar-refractivity contribution >= 4 is 23.2 Å². The summed E-state index contributed by atoms with van der Waals surface area (Å²) >= 11 is 0. The van der Waals surface area contributed by atoms with Crippen molar-refractivity contribution in [1.29, 1.82) is 0 Å². The van der Waals surface area contributed by atoms with Gasteiger partial charge in [-0.25, -0.2) is 0 Å². The summed E-state index contributed by atoms with van der Waals surface area (Å²) in [5, 5.41) is 14.6. The van der Waals surface area contributed by atoms with Gasteiger partial charge in [-0.1, -0.05) is 44.2 Å². The third-order valence-corrected chi connectivity index (χ3v) is 3.19. The number of carbonyl (C=O) groups is 2. The molecule has 22 heavy (non-hydrogen) atoms. The zero-order chi connectivity index (χ0) is 16.1. The molecular weight excluding hydrogens is 280 g/mol. The highest BCUT2D eigenvalue weighted by Crippen LogP contribution is 2.24. The fraction of sp³-hybridized carbons (Fsp3) is 0.176. The van der Waals surface area contributed by atoms with Crippen LogP contribution in [0.5, 0.6) is 5.75 Å². The number of benzene rings is 2. The van der Waals surface area contributed by atoms with Crippen molar-refractivity contribution in [3.05, 3.63) is 54.1 Å². The minimum absolute atomic E-state index is 0.0915. The second kappa shape index (κ2) is 6.76. The third-order valence-electron chi connectivity index (χ3n) is 3.19. The minimum atomic E-state index is -0.833. The lowest BCUT2D eigenvalue weighted by atomic mass is 10.0. The van der Waals surface area contributed by atoms with Crippen molar-refractivity contribution in [3.8, 4) is 5.75 Å². The van der Waals surface area contributed by atoms with Crippen molar-refractivity contribution < 1.29 is 14.7 Å². The molecule has 0 aliphatic heterocycles. The Morgan fingerprint density at radius 2 is 1.36 bits per heavy atom. The van der Waals surface area contributed by atoms with Crippen LogP contribution in [0.3, 0.4) is 0 Å². The molecule has 3 N–H and O–H groups in total. The lowest BCUT2D eigenvalue weighted by molar-refractivity contribution is -0.133. The number of phenols is 1. The van der Waals surface area contributed by atoms with Gasteiger partial charge in [-0.05, 0) is 29.7 Å². The highest BCUT2D eigenvalue weighted by molar-refractivity contribution is 6.43. The molecule has 0 spiro atoms. The van der Waals surface area contributed by atoms with E-state index in [2.05, 4.69) is 10.6 Å². The molecule has 5 heteroatoms. The zero-order valence-electron chi connectivity index (χ0n) is 12.5. The molecule has 0 radical (unpaired) electrons. The van der Waals surface area contributed by atoms with Crippen LogP contribution >= 0.6 is 0 Å². The van der Waals surface area contributed by atoms with Crippen LogP contribution in [0.4, 0.5) is 11.4 Å². The highest BCUT2D eigenvalue weighted by atomic mass is 16.3. The average molecular weight is 298 g/mol. The Bertz CT molecular complexity index is 696. The summed E-state index contributed by atoms with van der Waals surface area (Å²) in [7, 11) is 0. The molecule has 5 nitrogen and oxygen atoms in total. The van der Waals surface area contributed by atoms with Crippen LogP contribution in [0.15, 0.2) is 48.5 Å². The molecule has 2 amide bonds. The second-order valence-electron chi connectivity index (χ2n) is 5.17. The molecule has 114 valence electrons. The molecule has 2 aromatic rings. The van der Waals surface area contributed by atoms with Gasteiger partial charge in [0.1, 0.15) is 5.75 Å². The van der Waals surface area contributed by atoms with Crippen LogP contribution in [0.2, 0.25) is 0 Å². The number of hydrogen-bond donors (Lipinski definition) is 3. The molecule has 0 atom stereocenters. The van der Waals surface area contributed by atoms with Crippen molar-refractivity contribution in [1.82, 2.24) is 0 Å². The highest BCUT2D eigenvalue weighted by Gasteiger charge is 2.17. The van der Waals surface area contributed by atoms with Crippen LogP contribution in [0, 0.1) is 0 Å². The number of carbonyl (C=O) groups excluding carboxylic acids is 2. The molecule has 0 heterocycles. The zero-order valence-corrected chi connectivity index (χ0v) is 12.5. The predicted octanol–water partition coefficient (Wildman–Crippen LogP) is 3.09. The molecule has 0 bridgehead atoms. The molecular formula is C17H18N2O3. The molecule has 0 aliphatic rings. The standard InChI is InChI=1S/C17H18N2O3/c1-11(2)12-7-3-4-8-13(12)18-16(21)17(22)19-14-9-5-6-10-15(14)20/h3-11,20H,1-2H3,(H,18,21)(H,19,22). The number of aromatic hydroxyl groups is 1. The maximum absolute atomic E-state index is 12.0. The maximum atomic E-state index is 12.0. The van der Waals surface area contributed by atoms with Gasteiger partial charge in [0.05, 0.1) is 5.69 Å². The Labute approximate surface area is 129 Å². The summed E-state index contributed by atoms with van der Waals surface area (Å²) in [4.78, 5) is 23.9. The summed E-state index contributed by atoms with van der Waals surface area (Å²) < 4.78 is 0. The largest absolute Gasteiger partial charge is 0.506 e. The number of phenolic OH excluding ortho intramolecular Hbond substituents is 1. The van der Waals surface area contributed by atoms with E-state index in [1.54, 1.807) is 24.3 Å². The quantitative estimate of drug-likeness (QED) is 0.602. The molecule has 0 unspecified atom stereocenters. The minimum Gasteiger partial charge on any atom is -0.506 e. The fourth-order valence-corrected chi connectivity index (χ4v) is 2.05. The van der Waals surface area contributed by atoms with Crippen LogP contribution < -0.4 is 10.6 Å². The number of anilines is 2. The van der Waals surface area contributed by atoms with Crippen molar-refractivity contribution in [2.75, 3.05) is 10.6 Å². The van der Waals surface area contributed by atoms with Gasteiger partial charge in [0.25, 0.3) is 0 Å². The van der Waals surface area contributed by atoms with Gasteiger partial charge in [-0.2, -0.15) is 0 Å². The lowest BCUT2D eigenvalue weighted by Gasteiger charge is -2.13. The predicted molar refractivity (Wildman–Crippen MR) is 85.9 cm³/mol. The van der Waals surface area contributed by atoms with Crippen LogP contribution in [0.25, 0.3) is 0 Å². The van der Waals surface area contributed by atoms with E-state index >= 15 is 0 Å². The molecule has 0 aliphatic carbocycles. The van der Waals surface area contributed by atoms with Gasteiger partial charge in [0, 0.05) is 5.69 Å². The van der Waals surface area contributed by atoms with E-state index in [0.717, 1.165) is 5.56 Å². The van der Waals surface area contributed by atoms with E-state index in [1.165, 1.54) is 12.1 Å². The lowest BCUT2D eigenvalue weighted by Crippen LogP contribution is -2.29. The molecule has 0 saturated heterocycles. The first-order chi connectivity index (χ1) is 10.5. The van der Waals surface area contributed by atoms with Gasteiger partial charge >= 0.3 is 11.8 Å². The molecule has 2 aromatic carbocycles. The van der Waals surface area contributed by atoms with E-state index < -0.39 is 11.8 Å². The average Bonchev–Trinajstić information content (AvgIpc) is 2.49. The van der Waals surface area contributed by atoms with Crippen LogP contribution in [-0.4, -0.2) is 16.9 Å². The van der Waals surface area contributed by atoms with Crippen molar-refractivity contribution in [2.24, 2.45) is 0 Å². The number of nitrogens with one attached hydrogen (secondary N) is 2. The smallest absolute Gasteiger partial charge is 0.314 e. The number of rotatable bonds is 3. The molecule has 0 saturated carbocycles. The van der Waals surface area contributed by atoms with E-state index in [9.17, 15) is 14.7 Å². The maximum Gasteiger partial charge on any atom is 0.314 e. The Balaban J connectivity index is 2.10. The van der Waals surface area contributed by atoms with Gasteiger partial charge < -0.3 is 15.7 Å². The van der Waals surface area contributed by atoms with E-state index in [-0.39, 0.29) is 17.4 Å². The van der Waals surface area contributed by atoms with Gasteiger partial charge in [-0.3, -0.25) is 9.59 Å². The normalized spacial score (nSPS) is 10.3. The Morgan fingerprint density at radius 3 is 1.95 bits per heavy atom. The van der Waals surface area contributed by atoms with Gasteiger partial charge in [0.15, 0.2) is 0 Å². The summed E-state index contributed by atoms with van der Waals surface area (Å²) in [5.41, 5.74) is 1.75. The first kappa shape index (κ1) is 15.6. The third kappa shape index (κ3) is 3.63. The fourth-order valence-electron chi connectivity index (χ4n) is 2.05. The number of amides is 2. The molecule has 0 aromatic heterocycles. The topological polar surface area (TPSA) is 78.4 Å². The first-order valence-electron chi connectivity index (χ1n) is 6.98. The van der Waals surface area contributed by atoms with E-state index in [0.29, 0.717) is 5.69 Å². The monoisotopic (exact) mass is 298 g/mol. The summed E-state index contributed by atoms with van der Waals surface area (Å²) in [6.45, 7) is 4.01. The SMILES string of the molecule is CC(C)c1ccccc1NC(=O)C(=O)Nc1ccccc1O. The number of hydrogen-bond acceptors (Lipinski definition) is 3. The molecule has 0 fully saturated rings.